The van der Waals surface area contributed by atoms with E-state index in [1.165, 1.54) is 34.5 Å². The van der Waals surface area contributed by atoms with E-state index in [1.807, 2.05) is 17.0 Å². The molecule has 2 aromatic carbocycles. The van der Waals surface area contributed by atoms with Gasteiger partial charge < -0.3 is 14.4 Å². The van der Waals surface area contributed by atoms with Crippen LogP contribution in [0.3, 0.4) is 0 Å². The molecule has 7 heteroatoms. The molecule has 2 saturated heterocycles. The zero-order valence-corrected chi connectivity index (χ0v) is 22.0. The molecule has 38 heavy (non-hydrogen) atoms. The number of hydrogen-bond acceptors (Lipinski definition) is 3. The predicted molar refractivity (Wildman–Crippen MR) is 147 cm³/mol. The van der Waals surface area contributed by atoms with Crippen LogP contribution in [0.5, 0.6) is 0 Å². The summed E-state index contributed by atoms with van der Waals surface area (Å²) in [6.45, 7) is 4.64. The lowest BCUT2D eigenvalue weighted by molar-refractivity contribution is -0.132. The molecule has 1 saturated carbocycles. The molecule has 0 radical (unpaired) electrons. The summed E-state index contributed by atoms with van der Waals surface area (Å²) >= 11 is 0. The zero-order valence-electron chi connectivity index (χ0n) is 22.0. The Morgan fingerprint density at radius 2 is 1.58 bits per heavy atom. The van der Waals surface area contributed by atoms with Gasteiger partial charge in [0.05, 0.1) is 5.52 Å². The Labute approximate surface area is 224 Å². The minimum absolute atomic E-state index is 0.0391. The third-order valence-corrected chi connectivity index (χ3v) is 8.83. The fourth-order valence-corrected chi connectivity index (χ4v) is 6.63. The van der Waals surface area contributed by atoms with E-state index in [2.05, 4.69) is 39.8 Å². The smallest absolute Gasteiger partial charge is 0.321 e. The van der Waals surface area contributed by atoms with Crippen LogP contribution in [-0.4, -0.2) is 70.5 Å². The van der Waals surface area contributed by atoms with Crippen LogP contribution in [0, 0.1) is 11.7 Å². The minimum atomic E-state index is -0.224. The largest absolute Gasteiger partial charge is 0.326 e. The Balaban J connectivity index is 1.07. The maximum atomic E-state index is 13.6. The number of fused-ring (bicyclic) bond motifs is 1. The molecule has 2 aliphatic heterocycles. The lowest BCUT2D eigenvalue weighted by atomic mass is 9.88. The van der Waals surface area contributed by atoms with Crippen LogP contribution in [0.25, 0.3) is 16.6 Å². The number of benzene rings is 2. The summed E-state index contributed by atoms with van der Waals surface area (Å²) in [5.74, 6) is 0.283. The van der Waals surface area contributed by atoms with E-state index in [-0.39, 0.29) is 23.7 Å². The summed E-state index contributed by atoms with van der Waals surface area (Å²) in [5.41, 5.74) is 3.42. The molecule has 200 valence electrons. The van der Waals surface area contributed by atoms with Crippen molar-refractivity contribution in [3.63, 3.8) is 0 Å². The van der Waals surface area contributed by atoms with Crippen LogP contribution in [-0.2, 0) is 4.79 Å². The first-order valence-electron chi connectivity index (χ1n) is 14.3. The van der Waals surface area contributed by atoms with Gasteiger partial charge in [-0.05, 0) is 75.2 Å². The van der Waals surface area contributed by atoms with Crippen molar-refractivity contribution in [1.29, 1.82) is 0 Å². The zero-order chi connectivity index (χ0) is 26.1. The Morgan fingerprint density at radius 3 is 2.34 bits per heavy atom. The summed E-state index contributed by atoms with van der Waals surface area (Å²) in [6, 6.07) is 17.4. The van der Waals surface area contributed by atoms with Gasteiger partial charge in [-0.15, -0.1) is 0 Å². The molecule has 0 atom stereocenters. The highest BCUT2D eigenvalue weighted by atomic mass is 19.1. The average molecular weight is 517 g/mol. The summed E-state index contributed by atoms with van der Waals surface area (Å²) in [7, 11) is 0. The molecular weight excluding hydrogens is 479 g/mol. The van der Waals surface area contributed by atoms with Crippen molar-refractivity contribution in [3.05, 3.63) is 66.1 Å². The summed E-state index contributed by atoms with van der Waals surface area (Å²) in [6.07, 6.45) is 7.34. The highest BCUT2D eigenvalue weighted by Gasteiger charge is 2.37. The van der Waals surface area contributed by atoms with Crippen molar-refractivity contribution in [3.8, 4) is 5.69 Å². The molecule has 0 N–H and O–H groups in total. The highest BCUT2D eigenvalue weighted by molar-refractivity contribution is 5.97. The first kappa shape index (κ1) is 25.1. The van der Waals surface area contributed by atoms with Crippen LogP contribution in [0.4, 0.5) is 9.18 Å². The van der Waals surface area contributed by atoms with Gasteiger partial charge in [0.2, 0.25) is 5.91 Å². The molecule has 0 bridgehead atoms. The molecule has 3 aliphatic rings. The molecule has 3 fully saturated rings. The summed E-state index contributed by atoms with van der Waals surface area (Å²) in [4.78, 5) is 31.7. The number of carbonyl (C=O) groups is 2. The van der Waals surface area contributed by atoms with E-state index < -0.39 is 0 Å². The number of piperidine rings is 1. The third kappa shape index (κ3) is 4.96. The Morgan fingerprint density at radius 1 is 0.842 bits per heavy atom. The molecule has 6 nitrogen and oxygen atoms in total. The van der Waals surface area contributed by atoms with E-state index in [9.17, 15) is 14.0 Å². The number of rotatable bonds is 6. The molecule has 3 aromatic rings. The number of amides is 3. The number of aromatic nitrogens is 1. The van der Waals surface area contributed by atoms with Gasteiger partial charge in [0, 0.05) is 54.8 Å². The van der Waals surface area contributed by atoms with Crippen LogP contribution in [0.15, 0.2) is 54.6 Å². The summed E-state index contributed by atoms with van der Waals surface area (Å²) in [5, 5.41) is 1.20. The van der Waals surface area contributed by atoms with E-state index in [4.69, 9.17) is 0 Å². The molecule has 1 aromatic heterocycles. The molecule has 3 heterocycles. The molecule has 3 amide bonds. The Hall–Kier alpha value is -3.19. The second-order valence-corrected chi connectivity index (χ2v) is 11.2. The molecule has 0 spiro atoms. The van der Waals surface area contributed by atoms with Crippen molar-refractivity contribution >= 4 is 22.8 Å². The molecular formula is C31H37FN4O2. The lowest BCUT2D eigenvalue weighted by Gasteiger charge is -2.33. The van der Waals surface area contributed by atoms with E-state index >= 15 is 0 Å². The summed E-state index contributed by atoms with van der Waals surface area (Å²) < 4.78 is 15.9. The fourth-order valence-electron chi connectivity index (χ4n) is 6.63. The van der Waals surface area contributed by atoms with E-state index in [0.717, 1.165) is 69.4 Å². The Kier molecular flexibility index (Phi) is 7.20. The van der Waals surface area contributed by atoms with Gasteiger partial charge in [0.1, 0.15) is 5.82 Å². The minimum Gasteiger partial charge on any atom is -0.321 e. The SMILES string of the molecule is O=C(C1CCCCC1)N1CCN(CCN2CCC(c3cc4ccccc4n3-c3ccc(F)cc3)CC2)C1=O. The first-order chi connectivity index (χ1) is 18.6. The first-order valence-corrected chi connectivity index (χ1v) is 14.3. The Bertz CT molecular complexity index is 1290. The highest BCUT2D eigenvalue weighted by Crippen LogP contribution is 2.35. The van der Waals surface area contributed by atoms with Crippen molar-refractivity contribution in [2.75, 3.05) is 39.3 Å². The van der Waals surface area contributed by atoms with Crippen LogP contribution >= 0.6 is 0 Å². The van der Waals surface area contributed by atoms with Gasteiger partial charge in [-0.2, -0.15) is 0 Å². The molecule has 0 unspecified atom stereocenters. The number of likely N-dealkylation sites (tertiary alicyclic amines) is 1. The third-order valence-electron chi connectivity index (χ3n) is 8.83. The predicted octanol–water partition coefficient (Wildman–Crippen LogP) is 5.79. The van der Waals surface area contributed by atoms with Crippen molar-refractivity contribution in [1.82, 2.24) is 19.3 Å². The number of nitrogens with zero attached hydrogens (tertiary/aromatic N) is 4. The number of para-hydroxylation sites is 1. The number of hydrogen-bond donors (Lipinski definition) is 0. The van der Waals surface area contributed by atoms with Gasteiger partial charge in [0.15, 0.2) is 0 Å². The second-order valence-electron chi connectivity index (χ2n) is 11.2. The van der Waals surface area contributed by atoms with Crippen LogP contribution in [0.2, 0.25) is 0 Å². The second kappa shape index (κ2) is 10.9. The van der Waals surface area contributed by atoms with Crippen molar-refractivity contribution in [2.24, 2.45) is 5.92 Å². The fraction of sp³-hybridized carbons (Fsp3) is 0.484. The number of carbonyl (C=O) groups excluding carboxylic acids is 2. The topological polar surface area (TPSA) is 48.8 Å². The molecule has 1 aliphatic carbocycles. The number of urea groups is 1. The van der Waals surface area contributed by atoms with E-state index in [1.54, 1.807) is 0 Å². The van der Waals surface area contributed by atoms with Gasteiger partial charge in [-0.1, -0.05) is 37.5 Å². The maximum Gasteiger partial charge on any atom is 0.326 e. The quantitative estimate of drug-likeness (QED) is 0.417. The maximum absolute atomic E-state index is 13.6. The number of halogens is 1. The van der Waals surface area contributed by atoms with Gasteiger partial charge in [-0.3, -0.25) is 9.69 Å². The van der Waals surface area contributed by atoms with Crippen LogP contribution < -0.4 is 0 Å². The van der Waals surface area contributed by atoms with E-state index in [0.29, 0.717) is 25.6 Å². The standard InChI is InChI=1S/C31H37FN4O2/c32-26-10-12-27(13-11-26)36-28-9-5-4-8-25(28)22-29(36)23-14-16-33(17-15-23)18-19-34-20-21-35(31(34)38)30(37)24-6-2-1-3-7-24/h4-5,8-13,22-24H,1-3,6-7,14-21H2. The van der Waals surface area contributed by atoms with Gasteiger partial charge >= 0.3 is 6.03 Å². The average Bonchev–Trinajstić information content (AvgIpc) is 3.53. The number of imide groups is 1. The van der Waals surface area contributed by atoms with Gasteiger partial charge in [-0.25, -0.2) is 9.18 Å². The monoisotopic (exact) mass is 516 g/mol. The van der Waals surface area contributed by atoms with Crippen molar-refractivity contribution in [2.45, 2.75) is 50.9 Å². The normalized spacial score (nSPS) is 20.1. The molecule has 6 rings (SSSR count). The van der Waals surface area contributed by atoms with Crippen LogP contribution in [0.1, 0.15) is 56.6 Å². The van der Waals surface area contributed by atoms with Crippen molar-refractivity contribution < 1.29 is 14.0 Å². The van der Waals surface area contributed by atoms with Gasteiger partial charge in [0.25, 0.3) is 0 Å². The lowest BCUT2D eigenvalue weighted by Crippen LogP contribution is -2.43.